The molecule has 5 nitrogen and oxygen atoms in total. The van der Waals surface area contributed by atoms with Gasteiger partial charge >= 0.3 is 5.97 Å². The first-order valence-electron chi connectivity index (χ1n) is 7.65. The van der Waals surface area contributed by atoms with Crippen molar-refractivity contribution in [2.75, 3.05) is 6.54 Å². The average molecular weight is 282 g/mol. The fourth-order valence-corrected chi connectivity index (χ4v) is 3.54. The zero-order valence-corrected chi connectivity index (χ0v) is 12.3. The van der Waals surface area contributed by atoms with Crippen LogP contribution >= 0.6 is 0 Å². The highest BCUT2D eigenvalue weighted by molar-refractivity contribution is 5.80. The lowest BCUT2D eigenvalue weighted by Gasteiger charge is -2.42. The molecule has 0 aliphatic heterocycles. The molecule has 20 heavy (non-hydrogen) atoms. The van der Waals surface area contributed by atoms with Crippen LogP contribution in [0.2, 0.25) is 0 Å². The predicted molar refractivity (Wildman–Crippen MR) is 76.1 cm³/mol. The smallest absolute Gasteiger partial charge is 0.311 e. The number of nitrogens with two attached hydrogens (primary N) is 1. The second-order valence-electron chi connectivity index (χ2n) is 6.82. The van der Waals surface area contributed by atoms with Gasteiger partial charge in [-0.25, -0.2) is 0 Å². The summed E-state index contributed by atoms with van der Waals surface area (Å²) in [5, 5.41) is 12.4. The maximum Gasteiger partial charge on any atom is 0.311 e. The van der Waals surface area contributed by atoms with Gasteiger partial charge in [-0.05, 0) is 44.6 Å². The van der Waals surface area contributed by atoms with Crippen LogP contribution in [0.25, 0.3) is 0 Å². The Labute approximate surface area is 120 Å². The van der Waals surface area contributed by atoms with E-state index in [0.717, 1.165) is 38.5 Å². The van der Waals surface area contributed by atoms with Gasteiger partial charge in [0.25, 0.3) is 0 Å². The molecule has 0 radical (unpaired) electrons. The van der Waals surface area contributed by atoms with E-state index in [1.165, 1.54) is 0 Å². The van der Waals surface area contributed by atoms with E-state index in [9.17, 15) is 14.7 Å². The van der Waals surface area contributed by atoms with Crippen LogP contribution < -0.4 is 11.1 Å². The number of carboxylic acids is 1. The minimum Gasteiger partial charge on any atom is -0.481 e. The Morgan fingerprint density at radius 1 is 1.25 bits per heavy atom. The van der Waals surface area contributed by atoms with E-state index < -0.39 is 11.4 Å². The van der Waals surface area contributed by atoms with Gasteiger partial charge in [-0.3, -0.25) is 9.59 Å². The minimum absolute atomic E-state index is 0.0294. The van der Waals surface area contributed by atoms with Crippen LogP contribution in [0.5, 0.6) is 0 Å². The third kappa shape index (κ3) is 2.82. The van der Waals surface area contributed by atoms with Crippen molar-refractivity contribution in [1.82, 2.24) is 5.32 Å². The zero-order chi connectivity index (χ0) is 14.8. The topological polar surface area (TPSA) is 92.4 Å². The van der Waals surface area contributed by atoms with Gasteiger partial charge in [0.15, 0.2) is 0 Å². The van der Waals surface area contributed by atoms with E-state index in [1.54, 1.807) is 6.92 Å². The monoisotopic (exact) mass is 282 g/mol. The van der Waals surface area contributed by atoms with Crippen molar-refractivity contribution in [3.05, 3.63) is 0 Å². The van der Waals surface area contributed by atoms with E-state index in [-0.39, 0.29) is 17.4 Å². The molecule has 5 heteroatoms. The van der Waals surface area contributed by atoms with Gasteiger partial charge in [-0.2, -0.15) is 0 Å². The maximum absolute atomic E-state index is 12.2. The lowest BCUT2D eigenvalue weighted by molar-refractivity contribution is -0.152. The standard InChI is InChI=1S/C15H26N2O3/c1-14(13(19)20)6-3-2-5-11(14)17-12(18)9-15(10-16)7-4-8-15/h11H,2-10,16H2,1H3,(H,17,18)(H,19,20). The van der Waals surface area contributed by atoms with Gasteiger partial charge in [-0.15, -0.1) is 0 Å². The summed E-state index contributed by atoms with van der Waals surface area (Å²) in [5.41, 5.74) is 4.92. The molecule has 0 spiro atoms. The van der Waals surface area contributed by atoms with Crippen LogP contribution in [0, 0.1) is 10.8 Å². The molecule has 2 aliphatic rings. The Balaban J connectivity index is 1.97. The molecule has 0 bridgehead atoms. The summed E-state index contributed by atoms with van der Waals surface area (Å²) in [6, 6.07) is -0.254. The van der Waals surface area contributed by atoms with E-state index in [0.29, 0.717) is 19.4 Å². The molecule has 0 aromatic carbocycles. The van der Waals surface area contributed by atoms with Crippen LogP contribution in [0.15, 0.2) is 0 Å². The molecule has 1 amide bonds. The molecular weight excluding hydrogens is 256 g/mol. The number of carbonyl (C=O) groups is 2. The highest BCUT2D eigenvalue weighted by Gasteiger charge is 2.45. The lowest BCUT2D eigenvalue weighted by Crippen LogP contribution is -2.53. The van der Waals surface area contributed by atoms with Crippen molar-refractivity contribution < 1.29 is 14.7 Å². The predicted octanol–water partition coefficient (Wildman–Crippen LogP) is 1.66. The molecule has 0 saturated heterocycles. The number of aliphatic carboxylic acids is 1. The van der Waals surface area contributed by atoms with Gasteiger partial charge < -0.3 is 16.2 Å². The number of rotatable bonds is 5. The molecule has 114 valence electrons. The molecule has 0 heterocycles. The Bertz CT molecular complexity index is 387. The van der Waals surface area contributed by atoms with E-state index in [2.05, 4.69) is 5.32 Å². The number of carbonyl (C=O) groups excluding carboxylic acids is 1. The molecule has 0 aromatic rings. The maximum atomic E-state index is 12.2. The first-order chi connectivity index (χ1) is 9.42. The van der Waals surface area contributed by atoms with Gasteiger partial charge in [0.05, 0.1) is 5.41 Å². The van der Waals surface area contributed by atoms with Crippen molar-refractivity contribution in [2.45, 2.75) is 64.3 Å². The average Bonchev–Trinajstić information content (AvgIpc) is 2.36. The van der Waals surface area contributed by atoms with Crippen LogP contribution in [0.1, 0.15) is 58.3 Å². The van der Waals surface area contributed by atoms with Crippen molar-refractivity contribution in [1.29, 1.82) is 0 Å². The summed E-state index contributed by atoms with van der Waals surface area (Å²) in [7, 11) is 0. The van der Waals surface area contributed by atoms with Crippen molar-refractivity contribution in [2.24, 2.45) is 16.6 Å². The van der Waals surface area contributed by atoms with Crippen molar-refractivity contribution in [3.63, 3.8) is 0 Å². The zero-order valence-electron chi connectivity index (χ0n) is 12.3. The normalized spacial score (nSPS) is 32.2. The molecule has 2 atom stereocenters. The van der Waals surface area contributed by atoms with Gasteiger partial charge in [0, 0.05) is 12.5 Å². The number of hydrogen-bond donors (Lipinski definition) is 3. The summed E-state index contributed by atoms with van der Waals surface area (Å²) in [6.07, 6.45) is 6.89. The van der Waals surface area contributed by atoms with E-state index >= 15 is 0 Å². The van der Waals surface area contributed by atoms with Crippen molar-refractivity contribution >= 4 is 11.9 Å². The minimum atomic E-state index is -0.830. The van der Waals surface area contributed by atoms with Gasteiger partial charge in [0.1, 0.15) is 0 Å². The fourth-order valence-electron chi connectivity index (χ4n) is 3.54. The SMILES string of the molecule is CC1(C(=O)O)CCCCC1NC(=O)CC1(CN)CCC1. The number of hydrogen-bond acceptors (Lipinski definition) is 3. The summed E-state index contributed by atoms with van der Waals surface area (Å²) in [4.78, 5) is 23.7. The van der Waals surface area contributed by atoms with Crippen LogP contribution in [-0.4, -0.2) is 29.6 Å². The third-order valence-corrected chi connectivity index (χ3v) is 5.41. The molecule has 2 aliphatic carbocycles. The number of nitrogens with one attached hydrogen (secondary N) is 1. The molecular formula is C15H26N2O3. The summed E-state index contributed by atoms with van der Waals surface area (Å²) >= 11 is 0. The molecule has 4 N–H and O–H groups in total. The largest absolute Gasteiger partial charge is 0.481 e. The van der Waals surface area contributed by atoms with Crippen LogP contribution in [-0.2, 0) is 9.59 Å². The van der Waals surface area contributed by atoms with Gasteiger partial charge in [-0.1, -0.05) is 19.3 Å². The van der Waals surface area contributed by atoms with Crippen molar-refractivity contribution in [3.8, 4) is 0 Å². The van der Waals surface area contributed by atoms with E-state index in [1.807, 2.05) is 0 Å². The molecule has 2 saturated carbocycles. The lowest BCUT2D eigenvalue weighted by atomic mass is 9.66. The molecule has 2 unspecified atom stereocenters. The third-order valence-electron chi connectivity index (χ3n) is 5.41. The summed E-state index contributed by atoms with van der Waals surface area (Å²) < 4.78 is 0. The number of amides is 1. The second kappa shape index (κ2) is 5.72. The Morgan fingerprint density at radius 2 is 1.95 bits per heavy atom. The Kier molecular flexibility index (Phi) is 4.37. The molecule has 2 rings (SSSR count). The highest BCUT2D eigenvalue weighted by Crippen LogP contribution is 2.43. The summed E-state index contributed by atoms with van der Waals surface area (Å²) in [6.45, 7) is 2.29. The van der Waals surface area contributed by atoms with Gasteiger partial charge in [0.2, 0.25) is 5.91 Å². The molecule has 0 aromatic heterocycles. The Hall–Kier alpha value is -1.10. The van der Waals surface area contributed by atoms with Crippen LogP contribution in [0.3, 0.4) is 0 Å². The summed E-state index contributed by atoms with van der Waals surface area (Å²) in [5.74, 6) is -0.839. The molecule has 2 fully saturated rings. The first kappa shape index (κ1) is 15.3. The van der Waals surface area contributed by atoms with E-state index in [4.69, 9.17) is 5.73 Å². The fraction of sp³-hybridized carbons (Fsp3) is 0.867. The first-order valence-corrected chi connectivity index (χ1v) is 7.65. The Morgan fingerprint density at radius 3 is 2.45 bits per heavy atom. The second-order valence-corrected chi connectivity index (χ2v) is 6.82. The quantitative estimate of drug-likeness (QED) is 0.715. The highest BCUT2D eigenvalue weighted by atomic mass is 16.4. The van der Waals surface area contributed by atoms with Crippen LogP contribution in [0.4, 0.5) is 0 Å². The number of carboxylic acid groups (broad SMARTS) is 1.